The van der Waals surface area contributed by atoms with Gasteiger partial charge in [0, 0.05) is 40.5 Å². The molecular formula is C46H43N5O7S. The lowest BCUT2D eigenvalue weighted by Gasteiger charge is -2.22. The van der Waals surface area contributed by atoms with Crippen molar-refractivity contribution in [2.75, 3.05) is 17.4 Å². The zero-order valence-electron chi connectivity index (χ0n) is 32.6. The quantitative estimate of drug-likeness (QED) is 0.126. The molecule has 6 aromatic rings. The van der Waals surface area contributed by atoms with E-state index < -0.39 is 22.0 Å². The number of sulfonamides is 1. The maximum atomic E-state index is 13.4. The second-order valence-electron chi connectivity index (χ2n) is 14.8. The van der Waals surface area contributed by atoms with Crippen molar-refractivity contribution in [2.45, 2.75) is 62.5 Å². The Morgan fingerprint density at radius 1 is 0.847 bits per heavy atom. The van der Waals surface area contributed by atoms with Gasteiger partial charge < -0.3 is 14.0 Å². The fourth-order valence-electron chi connectivity index (χ4n) is 7.85. The Labute approximate surface area is 342 Å². The second kappa shape index (κ2) is 16.6. The molecule has 0 atom stereocenters. The molecule has 8 rings (SSSR count). The van der Waals surface area contributed by atoms with Gasteiger partial charge >= 0.3 is 6.09 Å². The molecule has 1 fully saturated rings. The van der Waals surface area contributed by atoms with Gasteiger partial charge in [0.05, 0.1) is 30.2 Å². The van der Waals surface area contributed by atoms with E-state index in [1.807, 2.05) is 54.6 Å². The molecule has 1 aliphatic carbocycles. The molecular weight excluding hydrogens is 767 g/mol. The van der Waals surface area contributed by atoms with Gasteiger partial charge in [0.2, 0.25) is 0 Å². The number of anilines is 2. The van der Waals surface area contributed by atoms with Crippen LogP contribution in [0.2, 0.25) is 0 Å². The van der Waals surface area contributed by atoms with Crippen LogP contribution in [0.25, 0.3) is 10.9 Å². The molecule has 2 N–H and O–H groups in total. The van der Waals surface area contributed by atoms with Crippen LogP contribution in [0.4, 0.5) is 16.2 Å². The summed E-state index contributed by atoms with van der Waals surface area (Å²) >= 11 is 0. The molecule has 1 aliphatic heterocycles. The Hall–Kier alpha value is -6.73. The number of nitrogens with zero attached hydrogens (tertiary/aromatic N) is 3. The molecule has 0 unspecified atom stereocenters. The summed E-state index contributed by atoms with van der Waals surface area (Å²) in [7, 11) is -2.77. The summed E-state index contributed by atoms with van der Waals surface area (Å²) in [5.74, 6) is -0.654. The lowest BCUT2D eigenvalue weighted by atomic mass is 9.98. The SMILES string of the molecule is COc1cc(C(=O)NS(=O)(=O)c2ccc(N3N=C(C)CC3=O)cc2)ccc1Cc1cn(C(c2ccccc2)c2ccccc2)c2ccc(NC(=O)OC3CCCC3)cc12. The van der Waals surface area contributed by atoms with Gasteiger partial charge in [-0.15, -0.1) is 0 Å². The van der Waals surface area contributed by atoms with E-state index in [1.165, 1.54) is 42.5 Å². The molecule has 0 bridgehead atoms. The van der Waals surface area contributed by atoms with Crippen LogP contribution in [0.5, 0.6) is 5.75 Å². The van der Waals surface area contributed by atoms with E-state index >= 15 is 0 Å². The van der Waals surface area contributed by atoms with Crippen LogP contribution in [0, 0.1) is 0 Å². The van der Waals surface area contributed by atoms with Gasteiger partial charge in [-0.3, -0.25) is 14.9 Å². The van der Waals surface area contributed by atoms with E-state index in [1.54, 1.807) is 19.1 Å². The molecule has 13 heteroatoms. The van der Waals surface area contributed by atoms with E-state index in [2.05, 4.69) is 50.2 Å². The summed E-state index contributed by atoms with van der Waals surface area (Å²) < 4.78 is 42.5. The number of carbonyl (C=O) groups excluding carboxylic acids is 3. The molecule has 0 radical (unpaired) electrons. The molecule has 12 nitrogen and oxygen atoms in total. The zero-order chi connectivity index (χ0) is 41.1. The molecule has 2 aliphatic rings. The number of amides is 3. The van der Waals surface area contributed by atoms with Gasteiger partial charge in [0.25, 0.3) is 21.8 Å². The van der Waals surface area contributed by atoms with Crippen molar-refractivity contribution in [1.29, 1.82) is 0 Å². The molecule has 1 aromatic heterocycles. The van der Waals surface area contributed by atoms with E-state index in [4.69, 9.17) is 9.47 Å². The van der Waals surface area contributed by atoms with Crippen molar-refractivity contribution in [3.8, 4) is 5.75 Å². The van der Waals surface area contributed by atoms with E-state index in [0.717, 1.165) is 58.8 Å². The molecule has 0 saturated heterocycles. The molecule has 2 heterocycles. The first-order valence-corrected chi connectivity index (χ1v) is 21.0. The summed E-state index contributed by atoms with van der Waals surface area (Å²) in [6.45, 7) is 1.74. The predicted molar refractivity (Wildman–Crippen MR) is 227 cm³/mol. The van der Waals surface area contributed by atoms with Crippen molar-refractivity contribution >= 4 is 55.9 Å². The lowest BCUT2D eigenvalue weighted by Crippen LogP contribution is -2.30. The minimum atomic E-state index is -4.27. The van der Waals surface area contributed by atoms with Crippen LogP contribution >= 0.6 is 0 Å². The van der Waals surface area contributed by atoms with Gasteiger partial charge in [-0.25, -0.2) is 22.9 Å². The highest BCUT2D eigenvalue weighted by molar-refractivity contribution is 7.90. The first kappa shape index (κ1) is 39.1. The molecule has 59 heavy (non-hydrogen) atoms. The van der Waals surface area contributed by atoms with Gasteiger partial charge in [-0.2, -0.15) is 5.10 Å². The Bertz CT molecular complexity index is 2630. The number of hydrogen-bond acceptors (Lipinski definition) is 8. The zero-order valence-corrected chi connectivity index (χ0v) is 33.4. The van der Waals surface area contributed by atoms with Crippen LogP contribution < -0.4 is 19.8 Å². The third-order valence-corrected chi connectivity index (χ3v) is 12.1. The average molecular weight is 810 g/mol. The highest BCUT2D eigenvalue weighted by Gasteiger charge is 2.26. The van der Waals surface area contributed by atoms with Crippen molar-refractivity contribution in [1.82, 2.24) is 9.29 Å². The lowest BCUT2D eigenvalue weighted by molar-refractivity contribution is -0.116. The normalized spacial score (nSPS) is 14.5. The minimum absolute atomic E-state index is 0.0789. The number of methoxy groups -OCH3 is 1. The number of benzene rings is 5. The fourth-order valence-corrected chi connectivity index (χ4v) is 8.82. The van der Waals surface area contributed by atoms with Crippen molar-refractivity contribution in [3.05, 3.63) is 155 Å². The summed E-state index contributed by atoms with van der Waals surface area (Å²) in [6.07, 6.45) is 5.96. The third kappa shape index (κ3) is 8.46. The molecule has 3 amide bonds. The van der Waals surface area contributed by atoms with Crippen LogP contribution in [-0.4, -0.2) is 49.8 Å². The number of nitrogens with one attached hydrogen (secondary N) is 2. The van der Waals surface area contributed by atoms with E-state index in [9.17, 15) is 22.8 Å². The number of rotatable bonds is 12. The van der Waals surface area contributed by atoms with Crippen molar-refractivity contribution in [3.63, 3.8) is 0 Å². The summed E-state index contributed by atoms with van der Waals surface area (Å²) in [5, 5.41) is 9.26. The van der Waals surface area contributed by atoms with Crippen molar-refractivity contribution in [2.24, 2.45) is 5.10 Å². The first-order valence-electron chi connectivity index (χ1n) is 19.5. The summed E-state index contributed by atoms with van der Waals surface area (Å²) in [4.78, 5) is 38.5. The second-order valence-corrected chi connectivity index (χ2v) is 16.5. The van der Waals surface area contributed by atoms with Gasteiger partial charge in [-0.1, -0.05) is 66.7 Å². The van der Waals surface area contributed by atoms with Crippen molar-refractivity contribution < 1.29 is 32.3 Å². The standard InChI is InChI=1S/C46H43N5O7S/c1-30-25-43(52)51(48-30)37-20-22-39(23-21-37)59(55,56)49-45(53)34-18-17-33(42(27-34)57-2)26-35-29-50(44(31-11-5-3-6-12-31)32-13-7-4-8-14-32)41-24-19-36(28-40(35)41)47-46(54)58-38-15-9-10-16-38/h3-8,11-14,17-24,27-29,38,44H,9-10,15-16,25-26H2,1-2H3,(H,47,54)(H,49,53). The average Bonchev–Trinajstić information content (AvgIpc) is 3.97. The number of ether oxygens (including phenoxy) is 2. The monoisotopic (exact) mass is 809 g/mol. The number of aromatic nitrogens is 1. The Morgan fingerprint density at radius 3 is 2.15 bits per heavy atom. The summed E-state index contributed by atoms with van der Waals surface area (Å²) in [5.41, 5.74) is 6.57. The molecule has 0 spiro atoms. The fraction of sp³-hybridized carbons (Fsp3) is 0.217. The van der Waals surface area contributed by atoms with Crippen LogP contribution in [0.3, 0.4) is 0 Å². The van der Waals surface area contributed by atoms with Gasteiger partial charge in [-0.05, 0) is 109 Å². The number of carbonyl (C=O) groups is 3. The highest BCUT2D eigenvalue weighted by Crippen LogP contribution is 2.36. The minimum Gasteiger partial charge on any atom is -0.496 e. The maximum Gasteiger partial charge on any atom is 0.411 e. The smallest absolute Gasteiger partial charge is 0.411 e. The van der Waals surface area contributed by atoms with Gasteiger partial charge in [0.1, 0.15) is 11.9 Å². The Morgan fingerprint density at radius 2 is 1.53 bits per heavy atom. The maximum absolute atomic E-state index is 13.4. The number of hydrazone groups is 1. The highest BCUT2D eigenvalue weighted by atomic mass is 32.2. The molecule has 5 aromatic carbocycles. The summed E-state index contributed by atoms with van der Waals surface area (Å²) in [6, 6.07) is 36.6. The van der Waals surface area contributed by atoms with Gasteiger partial charge in [0.15, 0.2) is 0 Å². The Balaban J connectivity index is 1.09. The molecule has 300 valence electrons. The topological polar surface area (TPSA) is 148 Å². The predicted octanol–water partition coefficient (Wildman–Crippen LogP) is 8.60. The first-order chi connectivity index (χ1) is 28.6. The van der Waals surface area contributed by atoms with Crippen LogP contribution in [0.15, 0.2) is 138 Å². The molecule has 1 saturated carbocycles. The Kier molecular flexibility index (Phi) is 11.0. The number of hydrogen-bond donors (Lipinski definition) is 2. The largest absolute Gasteiger partial charge is 0.496 e. The van der Waals surface area contributed by atoms with Crippen LogP contribution in [-0.2, 0) is 26.0 Å². The third-order valence-electron chi connectivity index (χ3n) is 10.7. The number of fused-ring (bicyclic) bond motifs is 1. The van der Waals surface area contributed by atoms with E-state index in [0.29, 0.717) is 29.3 Å². The van der Waals surface area contributed by atoms with Crippen LogP contribution in [0.1, 0.15) is 77.7 Å². The van der Waals surface area contributed by atoms with E-state index in [-0.39, 0.29) is 34.9 Å².